The number of nitrogens with two attached hydrogens (primary N) is 1. The summed E-state index contributed by atoms with van der Waals surface area (Å²) in [6.07, 6.45) is 6.48. The van der Waals surface area contributed by atoms with Crippen LogP contribution in [0.25, 0.3) is 4.96 Å². The third-order valence-corrected chi connectivity index (χ3v) is 4.49. The molecule has 3 heterocycles. The van der Waals surface area contributed by atoms with Crippen LogP contribution in [-0.4, -0.2) is 20.4 Å². The molecule has 0 aliphatic heterocycles. The van der Waals surface area contributed by atoms with Gasteiger partial charge in [0.05, 0.1) is 5.69 Å². The average Bonchev–Trinajstić information content (AvgIpc) is 2.94. The Bertz CT molecular complexity index is 672. The summed E-state index contributed by atoms with van der Waals surface area (Å²) >= 11 is 3.31. The van der Waals surface area contributed by atoms with E-state index in [0.717, 1.165) is 21.3 Å². The fourth-order valence-electron chi connectivity index (χ4n) is 1.90. The number of thiazole rings is 1. The second-order valence-corrected chi connectivity index (χ2v) is 6.32. The summed E-state index contributed by atoms with van der Waals surface area (Å²) in [6.45, 7) is 2.02. The largest absolute Gasteiger partial charge is 0.328 e. The molecule has 19 heavy (non-hydrogen) atoms. The van der Waals surface area contributed by atoms with E-state index in [4.69, 9.17) is 5.73 Å². The highest BCUT2D eigenvalue weighted by molar-refractivity contribution is 7.99. The van der Waals surface area contributed by atoms with Crippen LogP contribution in [-0.2, 0) is 6.42 Å². The SMILES string of the molecule is CC(N)Cc1c(Sc2ccncc2)nc2sccn12. The lowest BCUT2D eigenvalue weighted by Crippen LogP contribution is -2.19. The molecule has 0 saturated carbocycles. The smallest absolute Gasteiger partial charge is 0.194 e. The zero-order chi connectivity index (χ0) is 13.2. The molecule has 0 aliphatic rings. The fraction of sp³-hybridized carbons (Fsp3) is 0.231. The van der Waals surface area contributed by atoms with Gasteiger partial charge < -0.3 is 5.73 Å². The van der Waals surface area contributed by atoms with Crippen LogP contribution in [0, 0.1) is 0 Å². The van der Waals surface area contributed by atoms with Gasteiger partial charge in [0.25, 0.3) is 0 Å². The van der Waals surface area contributed by atoms with E-state index in [1.54, 1.807) is 35.5 Å². The van der Waals surface area contributed by atoms with Crippen LogP contribution in [0.2, 0.25) is 0 Å². The quantitative estimate of drug-likeness (QED) is 0.803. The van der Waals surface area contributed by atoms with Crippen molar-refractivity contribution in [3.05, 3.63) is 41.8 Å². The maximum Gasteiger partial charge on any atom is 0.194 e. The van der Waals surface area contributed by atoms with E-state index in [9.17, 15) is 0 Å². The second-order valence-electron chi connectivity index (χ2n) is 4.39. The first-order valence-corrected chi connectivity index (χ1v) is 7.71. The van der Waals surface area contributed by atoms with Crippen LogP contribution in [0.4, 0.5) is 0 Å². The van der Waals surface area contributed by atoms with E-state index >= 15 is 0 Å². The van der Waals surface area contributed by atoms with Gasteiger partial charge in [-0.3, -0.25) is 9.38 Å². The van der Waals surface area contributed by atoms with E-state index in [0.29, 0.717) is 0 Å². The number of fused-ring (bicyclic) bond motifs is 1. The lowest BCUT2D eigenvalue weighted by molar-refractivity contribution is 0.706. The Balaban J connectivity index is 2.00. The summed E-state index contributed by atoms with van der Waals surface area (Å²) in [5, 5.41) is 3.09. The van der Waals surface area contributed by atoms with Gasteiger partial charge in [-0.2, -0.15) is 0 Å². The lowest BCUT2D eigenvalue weighted by Gasteiger charge is -2.06. The molecule has 0 aliphatic carbocycles. The normalized spacial score (nSPS) is 12.9. The number of hydrogen-bond donors (Lipinski definition) is 1. The number of imidazole rings is 1. The van der Waals surface area contributed by atoms with Gasteiger partial charge >= 0.3 is 0 Å². The van der Waals surface area contributed by atoms with Gasteiger partial charge in [-0.15, -0.1) is 11.3 Å². The Morgan fingerprint density at radius 2 is 2.21 bits per heavy atom. The van der Waals surface area contributed by atoms with Crippen molar-refractivity contribution in [3.63, 3.8) is 0 Å². The Labute approximate surface area is 119 Å². The van der Waals surface area contributed by atoms with Crippen molar-refractivity contribution in [2.24, 2.45) is 5.73 Å². The lowest BCUT2D eigenvalue weighted by atomic mass is 10.2. The minimum absolute atomic E-state index is 0.122. The molecule has 0 spiro atoms. The van der Waals surface area contributed by atoms with Crippen LogP contribution in [0.15, 0.2) is 46.0 Å². The van der Waals surface area contributed by atoms with Crippen molar-refractivity contribution < 1.29 is 0 Å². The van der Waals surface area contributed by atoms with E-state index in [1.807, 2.05) is 24.4 Å². The minimum atomic E-state index is 0.122. The van der Waals surface area contributed by atoms with Gasteiger partial charge in [0, 0.05) is 41.3 Å². The molecule has 0 aromatic carbocycles. The van der Waals surface area contributed by atoms with Crippen LogP contribution in [0.5, 0.6) is 0 Å². The summed E-state index contributed by atoms with van der Waals surface area (Å²) in [5.74, 6) is 0. The van der Waals surface area contributed by atoms with Crippen LogP contribution < -0.4 is 5.73 Å². The van der Waals surface area contributed by atoms with Crippen molar-refractivity contribution in [1.82, 2.24) is 14.4 Å². The maximum absolute atomic E-state index is 5.95. The third kappa shape index (κ3) is 2.65. The highest BCUT2D eigenvalue weighted by atomic mass is 32.2. The molecule has 4 nitrogen and oxygen atoms in total. The van der Waals surface area contributed by atoms with E-state index in [1.165, 1.54) is 5.69 Å². The first kappa shape index (κ1) is 12.7. The second kappa shape index (κ2) is 5.32. The van der Waals surface area contributed by atoms with Gasteiger partial charge in [0.1, 0.15) is 5.03 Å². The Morgan fingerprint density at radius 1 is 1.42 bits per heavy atom. The maximum atomic E-state index is 5.95. The van der Waals surface area contributed by atoms with Crippen LogP contribution in [0.3, 0.4) is 0 Å². The van der Waals surface area contributed by atoms with E-state index in [-0.39, 0.29) is 6.04 Å². The molecule has 0 amide bonds. The summed E-state index contributed by atoms with van der Waals surface area (Å²) < 4.78 is 2.14. The summed E-state index contributed by atoms with van der Waals surface area (Å²) in [4.78, 5) is 10.9. The molecule has 1 unspecified atom stereocenters. The molecule has 98 valence electrons. The zero-order valence-corrected chi connectivity index (χ0v) is 12.1. The molecule has 3 rings (SSSR count). The highest BCUT2D eigenvalue weighted by Crippen LogP contribution is 2.31. The fourth-order valence-corrected chi connectivity index (χ4v) is 3.61. The Kier molecular flexibility index (Phi) is 3.54. The Hall–Kier alpha value is -1.37. The average molecular weight is 290 g/mol. The standard InChI is InChI=1S/C13H14N4S2/c1-9(14)8-11-12(16-13-17(11)6-7-18-13)19-10-2-4-15-5-3-10/h2-7,9H,8,14H2,1H3. The van der Waals surface area contributed by atoms with Crippen molar-refractivity contribution >= 4 is 28.1 Å². The number of hydrogen-bond acceptors (Lipinski definition) is 5. The molecule has 3 aromatic rings. The molecule has 1 atom stereocenters. The molecular formula is C13H14N4S2. The van der Waals surface area contributed by atoms with Crippen molar-refractivity contribution in [3.8, 4) is 0 Å². The van der Waals surface area contributed by atoms with Crippen molar-refractivity contribution in [2.45, 2.75) is 29.3 Å². The molecule has 0 bridgehead atoms. The van der Waals surface area contributed by atoms with Gasteiger partial charge in [-0.25, -0.2) is 4.98 Å². The van der Waals surface area contributed by atoms with Crippen LogP contribution in [0.1, 0.15) is 12.6 Å². The van der Waals surface area contributed by atoms with Crippen molar-refractivity contribution in [1.29, 1.82) is 0 Å². The van der Waals surface area contributed by atoms with E-state index < -0.39 is 0 Å². The summed E-state index contributed by atoms with van der Waals surface area (Å²) in [7, 11) is 0. The summed E-state index contributed by atoms with van der Waals surface area (Å²) in [5.41, 5.74) is 7.14. The number of aromatic nitrogens is 3. The number of nitrogens with zero attached hydrogens (tertiary/aromatic N) is 3. The predicted octanol–water partition coefficient (Wildman–Crippen LogP) is 2.83. The molecule has 0 saturated heterocycles. The molecule has 2 N–H and O–H groups in total. The molecule has 6 heteroatoms. The van der Waals surface area contributed by atoms with Gasteiger partial charge in [-0.05, 0) is 19.1 Å². The van der Waals surface area contributed by atoms with Gasteiger partial charge in [0.2, 0.25) is 0 Å². The van der Waals surface area contributed by atoms with E-state index in [2.05, 4.69) is 20.6 Å². The van der Waals surface area contributed by atoms with Gasteiger partial charge in [0.15, 0.2) is 4.96 Å². The first-order chi connectivity index (χ1) is 9.24. The molecule has 0 fully saturated rings. The highest BCUT2D eigenvalue weighted by Gasteiger charge is 2.15. The molecule has 0 radical (unpaired) electrons. The minimum Gasteiger partial charge on any atom is -0.328 e. The van der Waals surface area contributed by atoms with Gasteiger partial charge in [-0.1, -0.05) is 11.8 Å². The predicted molar refractivity (Wildman–Crippen MR) is 78.8 cm³/mol. The number of pyridine rings is 1. The Morgan fingerprint density at radius 3 is 2.95 bits per heavy atom. The first-order valence-electron chi connectivity index (χ1n) is 6.02. The topological polar surface area (TPSA) is 56.2 Å². The zero-order valence-electron chi connectivity index (χ0n) is 10.5. The molecule has 3 aromatic heterocycles. The van der Waals surface area contributed by atoms with Crippen LogP contribution >= 0.6 is 23.1 Å². The third-order valence-electron chi connectivity index (χ3n) is 2.70. The van der Waals surface area contributed by atoms with Crippen molar-refractivity contribution in [2.75, 3.05) is 0 Å². The molecular weight excluding hydrogens is 276 g/mol. The number of rotatable bonds is 4. The summed E-state index contributed by atoms with van der Waals surface area (Å²) in [6, 6.07) is 4.11. The monoisotopic (exact) mass is 290 g/mol.